The first-order valence-electron chi connectivity index (χ1n) is 9.24. The first-order valence-corrected chi connectivity index (χ1v) is 11.1. The SMILES string of the molecule is CC#Cc1cccc(-c2nc(Nc3cccc(S(C)(=O)=O)c3)nc(NC(C)C)n2)n1.[HH].[HH]. The Balaban J connectivity index is 0.00000256. The van der Waals surface area contributed by atoms with E-state index in [1.165, 1.54) is 12.1 Å². The average Bonchev–Trinajstić information content (AvgIpc) is 2.67. The molecular formula is C21H26N6O2S. The minimum atomic E-state index is -3.33. The number of benzene rings is 1. The van der Waals surface area contributed by atoms with Crippen molar-refractivity contribution in [3.8, 4) is 23.4 Å². The molecule has 158 valence electrons. The van der Waals surface area contributed by atoms with Gasteiger partial charge in [-0.05, 0) is 57.0 Å². The van der Waals surface area contributed by atoms with Crippen molar-refractivity contribution in [1.29, 1.82) is 0 Å². The molecule has 2 aromatic heterocycles. The maximum absolute atomic E-state index is 11.8. The molecule has 8 nitrogen and oxygen atoms in total. The van der Waals surface area contributed by atoms with Gasteiger partial charge in [0, 0.05) is 20.8 Å². The number of rotatable bonds is 6. The smallest absolute Gasteiger partial charge is 0.232 e. The van der Waals surface area contributed by atoms with E-state index in [1.807, 2.05) is 26.0 Å². The fraction of sp³-hybridized carbons (Fsp3) is 0.238. The lowest BCUT2D eigenvalue weighted by Crippen LogP contribution is -2.14. The van der Waals surface area contributed by atoms with E-state index in [0.717, 1.165) is 6.26 Å². The summed E-state index contributed by atoms with van der Waals surface area (Å²) in [5.74, 6) is 6.76. The summed E-state index contributed by atoms with van der Waals surface area (Å²) in [6.45, 7) is 5.69. The van der Waals surface area contributed by atoms with E-state index in [1.54, 1.807) is 25.1 Å². The van der Waals surface area contributed by atoms with Gasteiger partial charge in [0.15, 0.2) is 15.7 Å². The van der Waals surface area contributed by atoms with E-state index < -0.39 is 9.84 Å². The second kappa shape index (κ2) is 8.88. The van der Waals surface area contributed by atoms with Gasteiger partial charge < -0.3 is 10.6 Å². The molecule has 0 spiro atoms. The molecule has 2 N–H and O–H groups in total. The summed E-state index contributed by atoms with van der Waals surface area (Å²) >= 11 is 0. The van der Waals surface area contributed by atoms with E-state index >= 15 is 0 Å². The molecule has 0 bridgehead atoms. The maximum Gasteiger partial charge on any atom is 0.232 e. The molecule has 3 rings (SSSR count). The van der Waals surface area contributed by atoms with E-state index in [0.29, 0.717) is 28.8 Å². The highest BCUT2D eigenvalue weighted by Crippen LogP contribution is 2.21. The average molecular weight is 427 g/mol. The fourth-order valence-corrected chi connectivity index (χ4v) is 3.23. The molecule has 0 unspecified atom stereocenters. The van der Waals surface area contributed by atoms with Crippen LogP contribution < -0.4 is 10.6 Å². The van der Waals surface area contributed by atoms with Crippen LogP contribution in [0.25, 0.3) is 11.5 Å². The van der Waals surface area contributed by atoms with Gasteiger partial charge in [0.25, 0.3) is 0 Å². The Morgan fingerprint density at radius 3 is 2.43 bits per heavy atom. The van der Waals surface area contributed by atoms with Crippen LogP contribution >= 0.6 is 0 Å². The Bertz CT molecular complexity index is 1240. The minimum absolute atomic E-state index is 0. The predicted octanol–water partition coefficient (Wildman–Crippen LogP) is 3.76. The van der Waals surface area contributed by atoms with Crippen molar-refractivity contribution in [2.45, 2.75) is 31.7 Å². The quantitative estimate of drug-likeness (QED) is 0.573. The molecule has 0 saturated heterocycles. The molecule has 0 radical (unpaired) electrons. The van der Waals surface area contributed by atoms with Crippen LogP contribution in [-0.4, -0.2) is 40.7 Å². The van der Waals surface area contributed by atoms with Gasteiger partial charge >= 0.3 is 0 Å². The van der Waals surface area contributed by atoms with E-state index in [-0.39, 0.29) is 19.7 Å². The second-order valence-corrected chi connectivity index (χ2v) is 8.83. The molecule has 1 aromatic carbocycles. The molecule has 0 aliphatic carbocycles. The van der Waals surface area contributed by atoms with Gasteiger partial charge in [-0.15, -0.1) is 0 Å². The zero-order valence-corrected chi connectivity index (χ0v) is 17.9. The minimum Gasteiger partial charge on any atom is -0.352 e. The molecule has 2 heterocycles. The monoisotopic (exact) mass is 426 g/mol. The van der Waals surface area contributed by atoms with Crippen molar-refractivity contribution in [3.63, 3.8) is 0 Å². The van der Waals surface area contributed by atoms with Gasteiger partial charge in [0.05, 0.1) is 4.90 Å². The molecular weight excluding hydrogens is 400 g/mol. The number of sulfone groups is 1. The van der Waals surface area contributed by atoms with E-state index in [4.69, 9.17) is 0 Å². The molecule has 0 aliphatic rings. The highest BCUT2D eigenvalue weighted by molar-refractivity contribution is 7.90. The molecule has 0 atom stereocenters. The molecule has 0 aliphatic heterocycles. The summed E-state index contributed by atoms with van der Waals surface area (Å²) in [7, 11) is -3.33. The van der Waals surface area contributed by atoms with Crippen molar-refractivity contribution in [2.75, 3.05) is 16.9 Å². The number of aromatic nitrogens is 4. The summed E-state index contributed by atoms with van der Waals surface area (Å²) in [5, 5.41) is 6.22. The number of hydrogen-bond donors (Lipinski definition) is 2. The van der Waals surface area contributed by atoms with Gasteiger partial charge in [-0.1, -0.05) is 18.1 Å². The van der Waals surface area contributed by atoms with E-state index in [2.05, 4.69) is 42.4 Å². The standard InChI is InChI=1S/C21H22N6O2S.2H2/c1-5-8-15-9-7-12-18(23-15)19-25-20(22-14(2)3)27-21(26-19)24-16-10-6-11-17(13-16)30(4,28)29;;/h6-7,9-14H,1-4H3,(H2,22,24,25,26,27);2*1H. The van der Waals surface area contributed by atoms with Crippen molar-refractivity contribution in [1.82, 2.24) is 19.9 Å². The van der Waals surface area contributed by atoms with Gasteiger partial charge in [0.2, 0.25) is 11.9 Å². The zero-order chi connectivity index (χ0) is 21.7. The van der Waals surface area contributed by atoms with E-state index in [9.17, 15) is 8.42 Å². The highest BCUT2D eigenvalue weighted by atomic mass is 32.2. The number of anilines is 3. The van der Waals surface area contributed by atoms with Crippen molar-refractivity contribution in [3.05, 3.63) is 48.2 Å². The van der Waals surface area contributed by atoms with Crippen LogP contribution in [0.3, 0.4) is 0 Å². The van der Waals surface area contributed by atoms with Crippen molar-refractivity contribution >= 4 is 27.4 Å². The van der Waals surface area contributed by atoms with Gasteiger partial charge in [-0.25, -0.2) is 13.4 Å². The first-order chi connectivity index (χ1) is 14.2. The number of hydrogen-bond acceptors (Lipinski definition) is 8. The third-order valence-corrected chi connectivity index (χ3v) is 4.91. The van der Waals surface area contributed by atoms with Gasteiger partial charge in [-0.3, -0.25) is 0 Å². The normalized spacial score (nSPS) is 11.0. The highest BCUT2D eigenvalue weighted by Gasteiger charge is 2.13. The molecule has 0 amide bonds. The van der Waals surface area contributed by atoms with Gasteiger partial charge in [0.1, 0.15) is 11.4 Å². The molecule has 9 heteroatoms. The first kappa shape index (κ1) is 21.2. The summed E-state index contributed by atoms with van der Waals surface area (Å²) in [5.41, 5.74) is 1.71. The Morgan fingerprint density at radius 2 is 1.73 bits per heavy atom. The summed E-state index contributed by atoms with van der Waals surface area (Å²) in [6, 6.07) is 12.0. The predicted molar refractivity (Wildman–Crippen MR) is 121 cm³/mol. The van der Waals surface area contributed by atoms with Crippen molar-refractivity contribution in [2.24, 2.45) is 0 Å². The lowest BCUT2D eigenvalue weighted by atomic mass is 10.3. The van der Waals surface area contributed by atoms with Crippen LogP contribution in [0.5, 0.6) is 0 Å². The Kier molecular flexibility index (Phi) is 6.28. The topological polar surface area (TPSA) is 110 Å². The molecule has 0 saturated carbocycles. The van der Waals surface area contributed by atoms with Crippen LogP contribution in [-0.2, 0) is 9.84 Å². The Morgan fingerprint density at radius 1 is 1.00 bits per heavy atom. The van der Waals surface area contributed by atoms with Crippen LogP contribution in [0.2, 0.25) is 0 Å². The van der Waals surface area contributed by atoms with Crippen molar-refractivity contribution < 1.29 is 11.3 Å². The third kappa shape index (κ3) is 5.52. The van der Waals surface area contributed by atoms with Gasteiger partial charge in [-0.2, -0.15) is 15.0 Å². The lowest BCUT2D eigenvalue weighted by Gasteiger charge is -2.12. The molecule has 30 heavy (non-hydrogen) atoms. The number of nitrogens with one attached hydrogen (secondary N) is 2. The lowest BCUT2D eigenvalue weighted by molar-refractivity contribution is 0.602. The van der Waals surface area contributed by atoms with Crippen LogP contribution in [0, 0.1) is 11.8 Å². The number of nitrogens with zero attached hydrogens (tertiary/aromatic N) is 4. The molecule has 3 aromatic rings. The third-order valence-electron chi connectivity index (χ3n) is 3.80. The zero-order valence-electron chi connectivity index (χ0n) is 17.1. The summed E-state index contributed by atoms with van der Waals surface area (Å²) in [6.07, 6.45) is 1.16. The second-order valence-electron chi connectivity index (χ2n) is 6.81. The molecule has 0 fully saturated rings. The van der Waals surface area contributed by atoms with Crippen LogP contribution in [0.4, 0.5) is 17.6 Å². The maximum atomic E-state index is 11.8. The summed E-state index contributed by atoms with van der Waals surface area (Å²) < 4.78 is 23.7. The fourth-order valence-electron chi connectivity index (χ4n) is 2.56. The largest absolute Gasteiger partial charge is 0.352 e. The Labute approximate surface area is 179 Å². The Hall–Kier alpha value is -3.51. The summed E-state index contributed by atoms with van der Waals surface area (Å²) in [4.78, 5) is 18.0. The van der Waals surface area contributed by atoms with Crippen LogP contribution in [0.1, 0.15) is 29.3 Å². The van der Waals surface area contributed by atoms with Crippen LogP contribution in [0.15, 0.2) is 47.4 Å². The number of pyridine rings is 1.